The Morgan fingerprint density at radius 2 is 1.02 bits per heavy atom. The topological polar surface area (TPSA) is 29.5 Å². The molecule has 0 unspecified atom stereocenters. The molecule has 227 valence electrons. The highest BCUT2D eigenvalue weighted by atomic mass is 16.5. The first kappa shape index (κ1) is 29.4. The van der Waals surface area contributed by atoms with Crippen LogP contribution in [0.15, 0.2) is 140 Å². The van der Waals surface area contributed by atoms with Gasteiger partial charge in [0.15, 0.2) is 0 Å². The molecule has 1 aliphatic carbocycles. The van der Waals surface area contributed by atoms with Gasteiger partial charge in [-0.3, -0.25) is 0 Å². The van der Waals surface area contributed by atoms with Gasteiger partial charge in [0.05, 0.1) is 11.2 Å². The molecule has 8 rings (SSSR count). The van der Waals surface area contributed by atoms with Crippen LogP contribution < -0.4 is 5.46 Å². The number of hydrogen-bond donors (Lipinski definition) is 1. The zero-order chi connectivity index (χ0) is 32.3. The summed E-state index contributed by atoms with van der Waals surface area (Å²) in [4.78, 5) is 0. The lowest BCUT2D eigenvalue weighted by atomic mass is 9.79. The number of benzene rings is 7. The van der Waals surface area contributed by atoms with Gasteiger partial charge in [-0.25, -0.2) is 0 Å². The zero-order valence-electron chi connectivity index (χ0n) is 27.2. The first-order valence-corrected chi connectivity index (χ1v) is 16.3. The lowest BCUT2D eigenvalue weighted by molar-refractivity contribution is -0.0893. The molecule has 1 radical (unpaired) electrons. The molecule has 0 saturated carbocycles. The van der Waals surface area contributed by atoms with Crippen LogP contribution in [0.4, 0.5) is 0 Å². The molecule has 0 aromatic heterocycles. The number of aliphatic hydroxyl groups is 1. The lowest BCUT2D eigenvalue weighted by Crippen LogP contribution is -2.49. The van der Waals surface area contributed by atoms with Gasteiger partial charge in [0.2, 0.25) is 0 Å². The molecule has 0 fully saturated rings. The zero-order valence-corrected chi connectivity index (χ0v) is 27.2. The molecule has 3 heteroatoms. The molecule has 1 N–H and O–H groups in total. The van der Waals surface area contributed by atoms with Gasteiger partial charge in [-0.2, -0.15) is 0 Å². The van der Waals surface area contributed by atoms with E-state index < -0.39 is 11.2 Å². The van der Waals surface area contributed by atoms with E-state index in [0.717, 1.165) is 10.8 Å². The van der Waals surface area contributed by atoms with Crippen molar-refractivity contribution >= 4 is 34.5 Å². The van der Waals surface area contributed by atoms with E-state index in [4.69, 9.17) is 4.65 Å². The number of hydrogen-bond acceptors (Lipinski definition) is 2. The Balaban J connectivity index is 1.46. The molecule has 1 aliphatic rings. The maximum atomic E-state index is 10.8. The SMILES string of the molecule is CC(C)(O)C(C)(C)O[B]c1ccc2c3c(cccc13)-c1c-2c(-c2ccccc2)c2ccc(-c3ccccc3)cc2c1-c1ccccc1. The smallest absolute Gasteiger partial charge is 0.331 e. The maximum absolute atomic E-state index is 10.8. The Hall–Kier alpha value is -4.96. The fraction of sp³-hybridized carbons (Fsp3) is 0.136. The second kappa shape index (κ2) is 11.1. The highest BCUT2D eigenvalue weighted by molar-refractivity contribution is 6.52. The van der Waals surface area contributed by atoms with Gasteiger partial charge in [-0.15, -0.1) is 0 Å². The minimum absolute atomic E-state index is 0.770. The van der Waals surface area contributed by atoms with Crippen LogP contribution in [0.5, 0.6) is 0 Å². The minimum atomic E-state index is -1.01. The lowest BCUT2D eigenvalue weighted by Gasteiger charge is -2.37. The van der Waals surface area contributed by atoms with Gasteiger partial charge >= 0.3 is 7.48 Å². The molecule has 47 heavy (non-hydrogen) atoms. The van der Waals surface area contributed by atoms with Gasteiger partial charge in [0, 0.05) is 0 Å². The van der Waals surface area contributed by atoms with Gasteiger partial charge < -0.3 is 9.76 Å². The van der Waals surface area contributed by atoms with Crippen LogP contribution in [0.25, 0.3) is 77.2 Å². The Kier molecular flexibility index (Phi) is 6.95. The predicted molar refractivity (Wildman–Crippen MR) is 199 cm³/mol. The Bertz CT molecular complexity index is 2280. The van der Waals surface area contributed by atoms with E-state index in [1.54, 1.807) is 13.8 Å². The van der Waals surface area contributed by atoms with Crippen molar-refractivity contribution in [3.05, 3.63) is 140 Å². The van der Waals surface area contributed by atoms with Crippen LogP contribution in [0, 0.1) is 0 Å². The van der Waals surface area contributed by atoms with Crippen molar-refractivity contribution in [2.45, 2.75) is 38.9 Å². The molecule has 0 aliphatic heterocycles. The van der Waals surface area contributed by atoms with E-state index in [0.29, 0.717) is 0 Å². The molecule has 0 atom stereocenters. The van der Waals surface area contributed by atoms with Crippen LogP contribution in [0.2, 0.25) is 0 Å². The first-order valence-electron chi connectivity index (χ1n) is 16.3. The van der Waals surface area contributed by atoms with E-state index in [2.05, 4.69) is 140 Å². The summed E-state index contributed by atoms with van der Waals surface area (Å²) in [5.74, 6) is 0. The Morgan fingerprint density at radius 1 is 0.468 bits per heavy atom. The molecule has 0 bridgehead atoms. The first-order chi connectivity index (χ1) is 22.7. The predicted octanol–water partition coefficient (Wildman–Crippen LogP) is 10.5. The number of rotatable bonds is 7. The van der Waals surface area contributed by atoms with Crippen molar-refractivity contribution in [2.24, 2.45) is 0 Å². The molecule has 0 amide bonds. The van der Waals surface area contributed by atoms with E-state index in [-0.39, 0.29) is 0 Å². The average Bonchev–Trinajstić information content (AvgIpc) is 3.42. The summed E-state index contributed by atoms with van der Waals surface area (Å²) >= 11 is 0. The van der Waals surface area contributed by atoms with Crippen molar-refractivity contribution in [1.29, 1.82) is 0 Å². The van der Waals surface area contributed by atoms with Crippen molar-refractivity contribution in [3.63, 3.8) is 0 Å². The van der Waals surface area contributed by atoms with Gasteiger partial charge in [0.25, 0.3) is 0 Å². The molecule has 0 spiro atoms. The van der Waals surface area contributed by atoms with Crippen LogP contribution in [0.1, 0.15) is 27.7 Å². The van der Waals surface area contributed by atoms with Crippen LogP contribution in [-0.2, 0) is 4.65 Å². The quantitative estimate of drug-likeness (QED) is 0.183. The van der Waals surface area contributed by atoms with E-state index in [9.17, 15) is 5.11 Å². The molecular formula is C44H36BO2. The van der Waals surface area contributed by atoms with Crippen LogP contribution in [0.3, 0.4) is 0 Å². The Labute approximate surface area is 277 Å². The highest BCUT2D eigenvalue weighted by Crippen LogP contribution is 2.57. The standard InChI is InChI=1S/C44H36BO2/c1-43(2,46)44(3,4)47-45-37-26-25-35-40-33(37)21-14-22-34(40)41-39(30-19-12-7-13-20-30)36-27-31(28-15-8-5-9-16-28)23-24-32(36)38(42(35)41)29-17-10-6-11-18-29/h5-27,46H,1-4H3. The summed E-state index contributed by atoms with van der Waals surface area (Å²) in [5.41, 5.74) is 11.5. The second-order valence-electron chi connectivity index (χ2n) is 13.6. The van der Waals surface area contributed by atoms with E-state index in [1.165, 1.54) is 71.8 Å². The van der Waals surface area contributed by atoms with Gasteiger partial charge in [-0.1, -0.05) is 133 Å². The average molecular weight is 608 g/mol. The second-order valence-corrected chi connectivity index (χ2v) is 13.6. The fourth-order valence-corrected chi connectivity index (χ4v) is 6.95. The van der Waals surface area contributed by atoms with Crippen molar-refractivity contribution in [3.8, 4) is 55.6 Å². The third-order valence-corrected chi connectivity index (χ3v) is 10.1. The number of fused-ring (bicyclic) bond motifs is 4. The summed E-state index contributed by atoms with van der Waals surface area (Å²) < 4.78 is 6.29. The van der Waals surface area contributed by atoms with Gasteiger partial charge in [0.1, 0.15) is 0 Å². The van der Waals surface area contributed by atoms with Gasteiger partial charge in [-0.05, 0) is 116 Å². The molecule has 0 heterocycles. The molecule has 7 aromatic rings. The maximum Gasteiger partial charge on any atom is 0.331 e. The molecule has 2 nitrogen and oxygen atoms in total. The fourth-order valence-electron chi connectivity index (χ4n) is 6.95. The third-order valence-electron chi connectivity index (χ3n) is 10.1. The molecule has 0 saturated heterocycles. The molecule has 7 aromatic carbocycles. The highest BCUT2D eigenvalue weighted by Gasteiger charge is 2.36. The summed E-state index contributed by atoms with van der Waals surface area (Å²) in [6, 6.07) is 50.3. The van der Waals surface area contributed by atoms with Crippen LogP contribution in [-0.4, -0.2) is 23.8 Å². The largest absolute Gasteiger partial charge is 0.427 e. The van der Waals surface area contributed by atoms with E-state index in [1.807, 2.05) is 21.3 Å². The Morgan fingerprint density at radius 3 is 1.62 bits per heavy atom. The normalized spacial score (nSPS) is 12.4. The van der Waals surface area contributed by atoms with Crippen molar-refractivity contribution in [1.82, 2.24) is 0 Å². The summed E-state index contributed by atoms with van der Waals surface area (Å²) in [5, 5.41) is 15.6. The van der Waals surface area contributed by atoms with Crippen molar-refractivity contribution in [2.75, 3.05) is 0 Å². The van der Waals surface area contributed by atoms with E-state index >= 15 is 0 Å². The minimum Gasteiger partial charge on any atom is -0.427 e. The summed E-state index contributed by atoms with van der Waals surface area (Å²) in [6.45, 7) is 7.42. The summed E-state index contributed by atoms with van der Waals surface area (Å²) in [6.07, 6.45) is 0. The monoisotopic (exact) mass is 607 g/mol. The van der Waals surface area contributed by atoms with Crippen molar-refractivity contribution < 1.29 is 9.76 Å². The molecular weight excluding hydrogens is 571 g/mol. The summed E-state index contributed by atoms with van der Waals surface area (Å²) in [7, 11) is 1.82. The van der Waals surface area contributed by atoms with Crippen LogP contribution >= 0.6 is 0 Å². The third kappa shape index (κ3) is 4.81.